The number of benzene rings is 1. The minimum absolute atomic E-state index is 0.645. The number of methoxy groups -OCH3 is 1. The number of H-pyrrole nitrogens is 1. The Kier molecular flexibility index (Phi) is 4.84. The van der Waals surface area contributed by atoms with Crippen molar-refractivity contribution in [1.29, 1.82) is 0 Å². The number of pyridine rings is 1. The molecule has 0 saturated heterocycles. The summed E-state index contributed by atoms with van der Waals surface area (Å²) in [5.74, 6) is 0.851. The summed E-state index contributed by atoms with van der Waals surface area (Å²) in [6, 6.07) is 8.01. The van der Waals surface area contributed by atoms with Gasteiger partial charge in [0.15, 0.2) is 0 Å². The number of nitrogens with one attached hydrogen (secondary N) is 1. The summed E-state index contributed by atoms with van der Waals surface area (Å²) >= 11 is 6.35. The minimum Gasteiger partial charge on any atom is -0.497 e. The molecule has 0 aliphatic heterocycles. The number of nitrogens with two attached hydrogens (primary N) is 1. The van der Waals surface area contributed by atoms with E-state index in [4.69, 9.17) is 22.1 Å². The summed E-state index contributed by atoms with van der Waals surface area (Å²) in [4.78, 5) is 7.57. The zero-order valence-electron chi connectivity index (χ0n) is 13.1. The lowest BCUT2D eigenvalue weighted by Gasteiger charge is -2.07. The molecule has 0 bridgehead atoms. The number of aryl methyl sites for hydroxylation is 1. The maximum absolute atomic E-state index is 6.35. The monoisotopic (exact) mass is 329 g/mol. The predicted octanol–water partition coefficient (Wildman–Crippen LogP) is 4.17. The number of rotatable bonds is 6. The molecule has 0 aliphatic rings. The maximum atomic E-state index is 6.35. The van der Waals surface area contributed by atoms with Crippen LogP contribution in [0.3, 0.4) is 0 Å². The molecule has 0 amide bonds. The van der Waals surface area contributed by atoms with Crippen molar-refractivity contribution in [2.24, 2.45) is 5.73 Å². The van der Waals surface area contributed by atoms with E-state index in [0.29, 0.717) is 11.6 Å². The van der Waals surface area contributed by atoms with Crippen LogP contribution >= 0.6 is 11.6 Å². The van der Waals surface area contributed by atoms with Crippen molar-refractivity contribution < 1.29 is 4.74 Å². The SMILES string of the molecule is COc1ccc2[nH]c(-c3ccncc3Cl)c(CCCCN)c2c1. The smallest absolute Gasteiger partial charge is 0.119 e. The third-order valence-corrected chi connectivity index (χ3v) is 4.34. The van der Waals surface area contributed by atoms with E-state index in [9.17, 15) is 0 Å². The van der Waals surface area contributed by atoms with E-state index in [-0.39, 0.29) is 0 Å². The van der Waals surface area contributed by atoms with Gasteiger partial charge in [-0.1, -0.05) is 11.6 Å². The van der Waals surface area contributed by atoms with E-state index < -0.39 is 0 Å². The van der Waals surface area contributed by atoms with E-state index in [2.05, 4.69) is 16.0 Å². The molecular formula is C18H20ClN3O. The summed E-state index contributed by atoms with van der Waals surface area (Å²) in [6.45, 7) is 0.705. The number of hydrogen-bond acceptors (Lipinski definition) is 3. The van der Waals surface area contributed by atoms with Gasteiger partial charge in [0.05, 0.1) is 17.8 Å². The number of halogens is 1. The molecule has 3 aromatic rings. The van der Waals surface area contributed by atoms with Gasteiger partial charge in [0.2, 0.25) is 0 Å². The first-order valence-corrected chi connectivity index (χ1v) is 8.11. The normalized spacial score (nSPS) is 11.1. The molecule has 0 aliphatic carbocycles. The van der Waals surface area contributed by atoms with Crippen LogP contribution in [0.5, 0.6) is 5.75 Å². The fourth-order valence-electron chi connectivity index (χ4n) is 2.87. The molecule has 3 N–H and O–H groups in total. The van der Waals surface area contributed by atoms with Crippen LogP contribution in [0.25, 0.3) is 22.2 Å². The first-order valence-electron chi connectivity index (χ1n) is 7.73. The van der Waals surface area contributed by atoms with Crippen molar-refractivity contribution in [3.05, 3.63) is 47.2 Å². The van der Waals surface area contributed by atoms with Gasteiger partial charge in [0, 0.05) is 28.9 Å². The Morgan fingerprint density at radius 1 is 1.26 bits per heavy atom. The van der Waals surface area contributed by atoms with Crippen LogP contribution in [-0.4, -0.2) is 23.6 Å². The lowest BCUT2D eigenvalue weighted by molar-refractivity contribution is 0.415. The second-order valence-electron chi connectivity index (χ2n) is 5.49. The Morgan fingerprint density at radius 3 is 2.87 bits per heavy atom. The fraction of sp³-hybridized carbons (Fsp3) is 0.278. The summed E-state index contributed by atoms with van der Waals surface area (Å²) in [7, 11) is 1.68. The minimum atomic E-state index is 0.645. The molecule has 4 nitrogen and oxygen atoms in total. The van der Waals surface area contributed by atoms with Crippen LogP contribution in [0, 0.1) is 0 Å². The summed E-state index contributed by atoms with van der Waals surface area (Å²) in [5, 5.41) is 1.82. The zero-order valence-corrected chi connectivity index (χ0v) is 13.9. The van der Waals surface area contributed by atoms with E-state index in [0.717, 1.165) is 41.8 Å². The van der Waals surface area contributed by atoms with Gasteiger partial charge >= 0.3 is 0 Å². The highest BCUT2D eigenvalue weighted by molar-refractivity contribution is 6.33. The van der Waals surface area contributed by atoms with Gasteiger partial charge in [-0.3, -0.25) is 4.98 Å². The zero-order chi connectivity index (χ0) is 16.2. The summed E-state index contributed by atoms with van der Waals surface area (Å²) < 4.78 is 5.37. The van der Waals surface area contributed by atoms with E-state index in [1.165, 1.54) is 10.9 Å². The topological polar surface area (TPSA) is 63.9 Å². The van der Waals surface area contributed by atoms with Crippen LogP contribution in [0.2, 0.25) is 5.02 Å². The van der Waals surface area contributed by atoms with Gasteiger partial charge in [-0.25, -0.2) is 0 Å². The van der Waals surface area contributed by atoms with Gasteiger partial charge < -0.3 is 15.5 Å². The molecule has 1 aromatic carbocycles. The third-order valence-electron chi connectivity index (χ3n) is 4.04. The van der Waals surface area contributed by atoms with Crippen molar-refractivity contribution in [1.82, 2.24) is 9.97 Å². The number of fused-ring (bicyclic) bond motifs is 1. The molecule has 0 atom stereocenters. The highest BCUT2D eigenvalue weighted by atomic mass is 35.5. The first-order chi connectivity index (χ1) is 11.2. The quantitative estimate of drug-likeness (QED) is 0.667. The average molecular weight is 330 g/mol. The van der Waals surface area contributed by atoms with E-state index in [1.54, 1.807) is 19.5 Å². The van der Waals surface area contributed by atoms with E-state index >= 15 is 0 Å². The van der Waals surface area contributed by atoms with Crippen molar-refractivity contribution in [2.45, 2.75) is 19.3 Å². The highest BCUT2D eigenvalue weighted by Crippen LogP contribution is 2.36. The number of ether oxygens (including phenoxy) is 1. The fourth-order valence-corrected chi connectivity index (χ4v) is 3.08. The van der Waals surface area contributed by atoms with Gasteiger partial charge in [0.25, 0.3) is 0 Å². The van der Waals surface area contributed by atoms with Crippen molar-refractivity contribution in [3.63, 3.8) is 0 Å². The summed E-state index contributed by atoms with van der Waals surface area (Å²) in [5.41, 5.74) is 10.00. The molecule has 0 radical (unpaired) electrons. The van der Waals surface area contributed by atoms with Gasteiger partial charge in [-0.2, -0.15) is 0 Å². The number of hydrogen-bond donors (Lipinski definition) is 2. The molecule has 0 spiro atoms. The Labute approximate surface area is 140 Å². The Balaban J connectivity index is 2.15. The van der Waals surface area contributed by atoms with Crippen molar-refractivity contribution in [2.75, 3.05) is 13.7 Å². The van der Waals surface area contributed by atoms with Crippen molar-refractivity contribution >= 4 is 22.5 Å². The maximum Gasteiger partial charge on any atom is 0.119 e. The average Bonchev–Trinajstić information content (AvgIpc) is 2.93. The largest absolute Gasteiger partial charge is 0.497 e. The lowest BCUT2D eigenvalue weighted by atomic mass is 10.0. The molecule has 0 fully saturated rings. The predicted molar refractivity (Wildman–Crippen MR) is 95.1 cm³/mol. The van der Waals surface area contributed by atoms with Crippen molar-refractivity contribution in [3.8, 4) is 17.0 Å². The molecule has 0 saturated carbocycles. The second kappa shape index (κ2) is 7.02. The van der Waals surface area contributed by atoms with Crippen LogP contribution < -0.4 is 10.5 Å². The lowest BCUT2D eigenvalue weighted by Crippen LogP contribution is -1.99. The van der Waals surface area contributed by atoms with Gasteiger partial charge in [0.1, 0.15) is 5.75 Å². The van der Waals surface area contributed by atoms with Crippen LogP contribution in [0.4, 0.5) is 0 Å². The second-order valence-corrected chi connectivity index (χ2v) is 5.90. The van der Waals surface area contributed by atoms with Crippen LogP contribution in [0.1, 0.15) is 18.4 Å². The molecule has 0 unspecified atom stereocenters. The Morgan fingerprint density at radius 2 is 2.13 bits per heavy atom. The molecule has 3 rings (SSSR count). The van der Waals surface area contributed by atoms with Crippen LogP contribution in [0.15, 0.2) is 36.7 Å². The van der Waals surface area contributed by atoms with E-state index in [1.807, 2.05) is 18.2 Å². The number of unbranched alkanes of at least 4 members (excludes halogenated alkanes) is 1. The van der Waals surface area contributed by atoms with Crippen LogP contribution in [-0.2, 0) is 6.42 Å². The Hall–Kier alpha value is -2.04. The van der Waals surface area contributed by atoms with Gasteiger partial charge in [-0.05, 0) is 55.6 Å². The number of nitrogens with zero attached hydrogens (tertiary/aromatic N) is 1. The Bertz CT molecular complexity index is 813. The number of aromatic nitrogens is 2. The first kappa shape index (κ1) is 15.8. The molecule has 2 heterocycles. The molecule has 23 heavy (non-hydrogen) atoms. The molecular weight excluding hydrogens is 310 g/mol. The standard InChI is InChI=1S/C18H20ClN3O/c1-23-12-5-6-17-15(10-12)13(4-2-3-8-20)18(22-17)14-7-9-21-11-16(14)19/h5-7,9-11,22H,2-4,8,20H2,1H3. The summed E-state index contributed by atoms with van der Waals surface area (Å²) in [6.07, 6.45) is 6.42. The highest BCUT2D eigenvalue weighted by Gasteiger charge is 2.15. The molecule has 120 valence electrons. The molecule has 2 aromatic heterocycles. The molecule has 5 heteroatoms. The third kappa shape index (κ3) is 3.19. The van der Waals surface area contributed by atoms with Gasteiger partial charge in [-0.15, -0.1) is 0 Å². The number of aromatic amines is 1.